The number of para-hydroxylation sites is 1. The van der Waals surface area contributed by atoms with E-state index in [0.29, 0.717) is 27.8 Å². The number of nitrogens with one attached hydrogen (secondary N) is 1. The van der Waals surface area contributed by atoms with Gasteiger partial charge in [0.25, 0.3) is 5.91 Å². The highest BCUT2D eigenvalue weighted by Crippen LogP contribution is 2.29. The van der Waals surface area contributed by atoms with E-state index in [0.717, 1.165) is 17.8 Å². The fourth-order valence-electron chi connectivity index (χ4n) is 3.09. The molecular weight excluding hydrogens is 382 g/mol. The second-order valence-corrected chi connectivity index (χ2v) is 7.69. The molecule has 0 bridgehead atoms. The zero-order valence-electron chi connectivity index (χ0n) is 16.3. The molecule has 0 saturated carbocycles. The summed E-state index contributed by atoms with van der Waals surface area (Å²) in [6, 6.07) is 19.9. The summed E-state index contributed by atoms with van der Waals surface area (Å²) in [7, 11) is 0. The molecule has 146 valence electrons. The highest BCUT2D eigenvalue weighted by atomic mass is 32.1. The first-order chi connectivity index (χ1) is 14.1. The van der Waals surface area contributed by atoms with Gasteiger partial charge in [-0.1, -0.05) is 53.7 Å². The molecule has 29 heavy (non-hydrogen) atoms. The third-order valence-electron chi connectivity index (χ3n) is 4.64. The first kappa shape index (κ1) is 19.0. The van der Waals surface area contributed by atoms with E-state index in [1.807, 2.05) is 62.4 Å². The number of rotatable bonds is 6. The maximum atomic E-state index is 12.6. The van der Waals surface area contributed by atoms with Crippen LogP contribution < -0.4 is 5.32 Å². The fraction of sp³-hybridized carbons (Fsp3) is 0.182. The van der Waals surface area contributed by atoms with Crippen molar-refractivity contribution in [1.29, 1.82) is 0 Å². The Labute approximate surface area is 173 Å². The molecule has 0 unspecified atom stereocenters. The largest absolute Gasteiger partial charge is 0.351 e. The number of hydrogen-bond donors (Lipinski definition) is 1. The van der Waals surface area contributed by atoms with Crippen molar-refractivity contribution in [3.8, 4) is 16.4 Å². The summed E-state index contributed by atoms with van der Waals surface area (Å²) in [5, 5.41) is 12.3. The van der Waals surface area contributed by atoms with Crippen LogP contribution in [0.2, 0.25) is 0 Å². The molecule has 0 aliphatic rings. The monoisotopic (exact) mass is 403 g/mol. The third-order valence-corrected chi connectivity index (χ3v) is 5.81. The average molecular weight is 404 g/mol. The highest BCUT2D eigenvalue weighted by molar-refractivity contribution is 7.17. The Kier molecular flexibility index (Phi) is 5.48. The first-order valence-electron chi connectivity index (χ1n) is 9.41. The zero-order chi connectivity index (χ0) is 20.2. The van der Waals surface area contributed by atoms with E-state index in [4.69, 9.17) is 0 Å². The number of hydrogen-bond acceptors (Lipinski definition) is 5. The number of carbonyl (C=O) groups excluding carboxylic acids is 1. The molecule has 0 aliphatic heterocycles. The van der Waals surface area contributed by atoms with Crippen molar-refractivity contribution >= 4 is 17.2 Å². The summed E-state index contributed by atoms with van der Waals surface area (Å²) in [6.45, 7) is 4.39. The van der Waals surface area contributed by atoms with Gasteiger partial charge >= 0.3 is 0 Å². The average Bonchev–Trinajstić information content (AvgIpc) is 3.32. The van der Waals surface area contributed by atoms with Crippen molar-refractivity contribution in [2.75, 3.05) is 6.54 Å². The van der Waals surface area contributed by atoms with Gasteiger partial charge in [0.2, 0.25) is 0 Å². The number of aryl methyl sites for hydroxylation is 1. The summed E-state index contributed by atoms with van der Waals surface area (Å²) >= 11 is 1.35. The molecule has 0 saturated heterocycles. The Hall–Kier alpha value is -3.32. The topological polar surface area (TPSA) is 72.7 Å². The summed E-state index contributed by atoms with van der Waals surface area (Å²) in [4.78, 5) is 17.8. The molecule has 4 aromatic rings. The Balaban J connectivity index is 1.49. The Morgan fingerprint density at radius 1 is 1.03 bits per heavy atom. The lowest BCUT2D eigenvalue weighted by Gasteiger charge is -2.04. The maximum Gasteiger partial charge on any atom is 0.263 e. The van der Waals surface area contributed by atoms with E-state index in [9.17, 15) is 4.79 Å². The molecule has 0 aliphatic carbocycles. The van der Waals surface area contributed by atoms with Crippen LogP contribution in [0.1, 0.15) is 26.6 Å². The van der Waals surface area contributed by atoms with Crippen LogP contribution in [-0.4, -0.2) is 32.4 Å². The van der Waals surface area contributed by atoms with Gasteiger partial charge in [-0.05, 0) is 38.0 Å². The fourth-order valence-corrected chi connectivity index (χ4v) is 4.11. The van der Waals surface area contributed by atoms with E-state index < -0.39 is 0 Å². The van der Waals surface area contributed by atoms with E-state index >= 15 is 0 Å². The van der Waals surface area contributed by atoms with Crippen LogP contribution in [0.5, 0.6) is 0 Å². The molecule has 2 heterocycles. The summed E-state index contributed by atoms with van der Waals surface area (Å²) in [5.74, 6) is -0.102. The standard InChI is InChI=1S/C22H21N5OS/c1-15-20(21(28)23-14-13-17-9-5-3-6-10-17)29-22(24-15)19-16(2)27(26-25-19)18-11-7-4-8-12-18/h3-12H,13-14H2,1-2H3,(H,23,28). The smallest absolute Gasteiger partial charge is 0.263 e. The van der Waals surface area contributed by atoms with Crippen LogP contribution >= 0.6 is 11.3 Å². The van der Waals surface area contributed by atoms with Gasteiger partial charge < -0.3 is 5.32 Å². The van der Waals surface area contributed by atoms with Crippen molar-refractivity contribution in [3.63, 3.8) is 0 Å². The highest BCUT2D eigenvalue weighted by Gasteiger charge is 2.20. The predicted octanol–water partition coefficient (Wildman–Crippen LogP) is 3.98. The van der Waals surface area contributed by atoms with Gasteiger partial charge in [0.1, 0.15) is 15.6 Å². The minimum absolute atomic E-state index is 0.102. The molecule has 0 radical (unpaired) electrons. The molecule has 4 rings (SSSR count). The maximum absolute atomic E-state index is 12.6. The quantitative estimate of drug-likeness (QED) is 0.529. The molecule has 2 aromatic heterocycles. The van der Waals surface area contributed by atoms with Gasteiger partial charge in [0.05, 0.1) is 17.1 Å². The molecule has 2 aromatic carbocycles. The van der Waals surface area contributed by atoms with Gasteiger partial charge in [-0.25, -0.2) is 9.67 Å². The van der Waals surface area contributed by atoms with Gasteiger partial charge in [0, 0.05) is 6.54 Å². The number of carbonyl (C=O) groups is 1. The third kappa shape index (κ3) is 4.09. The van der Waals surface area contributed by atoms with E-state index in [2.05, 4.69) is 32.7 Å². The molecule has 1 amide bonds. The number of aromatic nitrogens is 4. The van der Waals surface area contributed by atoms with Crippen LogP contribution in [0, 0.1) is 13.8 Å². The predicted molar refractivity (Wildman–Crippen MR) is 114 cm³/mol. The van der Waals surface area contributed by atoms with E-state index in [1.165, 1.54) is 16.9 Å². The van der Waals surface area contributed by atoms with Crippen LogP contribution in [0.3, 0.4) is 0 Å². The van der Waals surface area contributed by atoms with Gasteiger partial charge in [-0.15, -0.1) is 16.4 Å². The van der Waals surface area contributed by atoms with Crippen LogP contribution in [0.4, 0.5) is 0 Å². The Morgan fingerprint density at radius 3 is 2.45 bits per heavy atom. The minimum Gasteiger partial charge on any atom is -0.351 e. The van der Waals surface area contributed by atoms with Gasteiger partial charge in [0.15, 0.2) is 0 Å². The summed E-state index contributed by atoms with van der Waals surface area (Å²) in [6.07, 6.45) is 0.793. The molecular formula is C22H21N5OS. The molecule has 7 heteroatoms. The van der Waals surface area contributed by atoms with Crippen LogP contribution in [0.25, 0.3) is 16.4 Å². The number of thiazole rings is 1. The number of nitrogens with zero attached hydrogens (tertiary/aromatic N) is 4. The summed E-state index contributed by atoms with van der Waals surface area (Å²) < 4.78 is 1.78. The number of benzene rings is 2. The van der Waals surface area contributed by atoms with Crippen LogP contribution in [0.15, 0.2) is 60.7 Å². The SMILES string of the molecule is Cc1nc(-c2nnn(-c3ccccc3)c2C)sc1C(=O)NCCc1ccccc1. The lowest BCUT2D eigenvalue weighted by Crippen LogP contribution is -2.25. The van der Waals surface area contributed by atoms with Gasteiger partial charge in [-0.2, -0.15) is 0 Å². The van der Waals surface area contributed by atoms with E-state index in [1.54, 1.807) is 4.68 Å². The lowest BCUT2D eigenvalue weighted by molar-refractivity contribution is 0.0957. The second kappa shape index (κ2) is 8.36. The molecule has 1 N–H and O–H groups in total. The van der Waals surface area contributed by atoms with Crippen LogP contribution in [-0.2, 0) is 6.42 Å². The second-order valence-electron chi connectivity index (χ2n) is 6.70. The molecule has 0 fully saturated rings. The summed E-state index contributed by atoms with van der Waals surface area (Å²) in [5.41, 5.74) is 4.43. The van der Waals surface area contributed by atoms with Crippen molar-refractivity contribution in [3.05, 3.63) is 82.5 Å². The Bertz CT molecular complexity index is 1120. The van der Waals surface area contributed by atoms with Crippen molar-refractivity contribution in [2.24, 2.45) is 0 Å². The molecule has 0 atom stereocenters. The molecule has 6 nitrogen and oxygen atoms in total. The van der Waals surface area contributed by atoms with Crippen molar-refractivity contribution in [1.82, 2.24) is 25.3 Å². The Morgan fingerprint density at radius 2 is 1.72 bits per heavy atom. The van der Waals surface area contributed by atoms with Gasteiger partial charge in [-0.3, -0.25) is 4.79 Å². The first-order valence-corrected chi connectivity index (χ1v) is 10.2. The molecule has 0 spiro atoms. The number of amides is 1. The van der Waals surface area contributed by atoms with E-state index in [-0.39, 0.29) is 5.91 Å². The lowest BCUT2D eigenvalue weighted by atomic mass is 10.1. The minimum atomic E-state index is -0.102. The zero-order valence-corrected chi connectivity index (χ0v) is 17.1. The van der Waals surface area contributed by atoms with Crippen molar-refractivity contribution in [2.45, 2.75) is 20.3 Å². The normalized spacial score (nSPS) is 10.8. The van der Waals surface area contributed by atoms with Crippen molar-refractivity contribution < 1.29 is 4.79 Å².